The molecule has 1 aliphatic rings. The van der Waals surface area contributed by atoms with Crippen molar-refractivity contribution >= 4 is 35.6 Å². The summed E-state index contributed by atoms with van der Waals surface area (Å²) in [4.78, 5) is 0.400. The van der Waals surface area contributed by atoms with Crippen LogP contribution in [-0.2, 0) is 26.1 Å². The van der Waals surface area contributed by atoms with Gasteiger partial charge in [-0.05, 0) is 42.9 Å². The molecule has 1 aliphatic carbocycles. The van der Waals surface area contributed by atoms with Gasteiger partial charge in [0.25, 0.3) is 0 Å². The van der Waals surface area contributed by atoms with Gasteiger partial charge in [0, 0.05) is 17.3 Å². The summed E-state index contributed by atoms with van der Waals surface area (Å²) < 4.78 is 46.9. The summed E-state index contributed by atoms with van der Waals surface area (Å²) in [5.74, 6) is 0.594. The van der Waals surface area contributed by atoms with Gasteiger partial charge in [0.05, 0.1) is 9.79 Å². The van der Waals surface area contributed by atoms with E-state index in [2.05, 4.69) is 15.9 Å². The van der Waals surface area contributed by atoms with Crippen molar-refractivity contribution in [3.63, 3.8) is 0 Å². The third-order valence-electron chi connectivity index (χ3n) is 3.41. The topological polar surface area (TPSA) is 68.3 Å². The van der Waals surface area contributed by atoms with Gasteiger partial charge in [-0.15, -0.1) is 0 Å². The summed E-state index contributed by atoms with van der Waals surface area (Å²) in [7, 11) is -6.86. The van der Waals surface area contributed by atoms with E-state index in [1.54, 1.807) is 6.07 Å². The monoisotopic (exact) mass is 380 g/mol. The molecule has 0 saturated heterocycles. The van der Waals surface area contributed by atoms with E-state index in [0.29, 0.717) is 17.9 Å². The van der Waals surface area contributed by atoms with E-state index >= 15 is 0 Å². The molecular weight excluding hydrogens is 364 g/mol. The molecule has 0 amide bonds. The van der Waals surface area contributed by atoms with Crippen molar-refractivity contribution in [3.8, 4) is 0 Å². The van der Waals surface area contributed by atoms with Crippen LogP contribution in [0.2, 0.25) is 0 Å². The van der Waals surface area contributed by atoms with Gasteiger partial charge >= 0.3 is 0 Å². The van der Waals surface area contributed by atoms with Crippen LogP contribution >= 0.6 is 15.9 Å². The minimum Gasteiger partial charge on any atom is -0.224 e. The molecule has 7 heteroatoms. The molecule has 0 aliphatic heterocycles. The quantitative estimate of drug-likeness (QED) is 0.734. The van der Waals surface area contributed by atoms with Gasteiger partial charge in [0.1, 0.15) is 0 Å². The first kappa shape index (κ1) is 16.0. The lowest BCUT2D eigenvalue weighted by Crippen LogP contribution is -2.11. The molecule has 0 spiro atoms. The fraction of sp³-hybridized carbons (Fsp3) is 0.538. The highest BCUT2D eigenvalue weighted by Gasteiger charge is 2.30. The van der Waals surface area contributed by atoms with Crippen LogP contribution in [0.5, 0.6) is 0 Å². The van der Waals surface area contributed by atoms with Crippen LogP contribution in [0, 0.1) is 5.92 Å². The maximum absolute atomic E-state index is 11.9. The predicted octanol–water partition coefficient (Wildman–Crippen LogP) is 2.21. The molecule has 0 aromatic heterocycles. The van der Waals surface area contributed by atoms with Gasteiger partial charge in [0.15, 0.2) is 19.7 Å². The van der Waals surface area contributed by atoms with E-state index in [-0.39, 0.29) is 14.6 Å². The molecule has 1 saturated carbocycles. The van der Waals surface area contributed by atoms with Crippen molar-refractivity contribution in [1.82, 2.24) is 0 Å². The second kappa shape index (κ2) is 5.42. The molecule has 1 unspecified atom stereocenters. The van der Waals surface area contributed by atoms with Crippen molar-refractivity contribution in [1.29, 1.82) is 0 Å². The van der Waals surface area contributed by atoms with E-state index in [1.165, 1.54) is 12.1 Å². The minimum atomic E-state index is -3.45. The van der Waals surface area contributed by atoms with Gasteiger partial charge in [-0.2, -0.15) is 0 Å². The maximum Gasteiger partial charge on any atom is 0.175 e. The van der Waals surface area contributed by atoms with Gasteiger partial charge < -0.3 is 0 Å². The first-order chi connectivity index (χ1) is 9.09. The number of benzene rings is 1. The van der Waals surface area contributed by atoms with Crippen molar-refractivity contribution in [2.45, 2.75) is 33.9 Å². The molecule has 20 heavy (non-hydrogen) atoms. The van der Waals surface area contributed by atoms with E-state index in [9.17, 15) is 16.8 Å². The highest BCUT2D eigenvalue weighted by atomic mass is 79.9. The molecule has 1 aromatic carbocycles. The van der Waals surface area contributed by atoms with Crippen LogP contribution in [0.4, 0.5) is 0 Å². The van der Waals surface area contributed by atoms with E-state index in [4.69, 9.17) is 0 Å². The van der Waals surface area contributed by atoms with Crippen molar-refractivity contribution < 1.29 is 16.8 Å². The normalized spacial score (nSPS) is 17.9. The average Bonchev–Trinajstić information content (AvgIpc) is 3.09. The lowest BCUT2D eigenvalue weighted by molar-refractivity contribution is 0.598. The molecule has 1 aromatic rings. The Kier molecular flexibility index (Phi) is 4.33. The Hall–Kier alpha value is -0.400. The third-order valence-corrected chi connectivity index (χ3v) is 6.78. The molecule has 0 N–H and O–H groups in total. The SMILES string of the molecule is CS(=O)(=O)c1ccc(CC(Br)C2CC2)c(S(C)(=O)=O)c1. The summed E-state index contributed by atoms with van der Waals surface area (Å²) in [5, 5.41) is 0. The highest BCUT2D eigenvalue weighted by Crippen LogP contribution is 2.39. The number of halogens is 1. The Balaban J connectivity index is 2.46. The number of rotatable bonds is 5. The fourth-order valence-electron chi connectivity index (χ4n) is 2.11. The summed E-state index contributed by atoms with van der Waals surface area (Å²) >= 11 is 3.59. The molecule has 0 radical (unpaired) electrons. The standard InChI is InChI=1S/C13H17BrO4S2/c1-19(15,16)11-6-5-10(7-12(14)9-3-4-9)13(8-11)20(2,17)18/h5-6,8-9,12H,3-4,7H2,1-2H3. The fourth-order valence-corrected chi connectivity index (χ4v) is 4.68. The van der Waals surface area contributed by atoms with Crippen molar-refractivity contribution in [3.05, 3.63) is 23.8 Å². The molecule has 4 nitrogen and oxygen atoms in total. The first-order valence-corrected chi connectivity index (χ1v) is 11.0. The molecule has 1 atom stereocenters. The Bertz CT molecular complexity index is 719. The Morgan fingerprint density at radius 3 is 2.20 bits per heavy atom. The molecule has 2 rings (SSSR count). The van der Waals surface area contributed by atoms with Crippen LogP contribution in [0.1, 0.15) is 18.4 Å². The number of hydrogen-bond acceptors (Lipinski definition) is 4. The van der Waals surface area contributed by atoms with E-state index in [1.807, 2.05) is 0 Å². The zero-order valence-corrected chi connectivity index (χ0v) is 14.6. The predicted molar refractivity (Wildman–Crippen MR) is 81.8 cm³/mol. The number of sulfone groups is 2. The first-order valence-electron chi connectivity index (χ1n) is 6.26. The molecule has 0 heterocycles. The van der Waals surface area contributed by atoms with Gasteiger partial charge in [-0.1, -0.05) is 22.0 Å². The van der Waals surface area contributed by atoms with Crippen LogP contribution in [0.25, 0.3) is 0 Å². The number of alkyl halides is 1. The van der Waals surface area contributed by atoms with Crippen molar-refractivity contribution in [2.75, 3.05) is 12.5 Å². The molecule has 112 valence electrons. The lowest BCUT2D eigenvalue weighted by atomic mass is 10.1. The van der Waals surface area contributed by atoms with Crippen LogP contribution in [-0.4, -0.2) is 34.2 Å². The van der Waals surface area contributed by atoms with Crippen LogP contribution < -0.4 is 0 Å². The Morgan fingerprint density at radius 1 is 1.15 bits per heavy atom. The van der Waals surface area contributed by atoms with Gasteiger partial charge in [-0.25, -0.2) is 16.8 Å². The smallest absolute Gasteiger partial charge is 0.175 e. The van der Waals surface area contributed by atoms with E-state index < -0.39 is 19.7 Å². The zero-order chi connectivity index (χ0) is 15.1. The average molecular weight is 381 g/mol. The second-order valence-electron chi connectivity index (χ2n) is 5.37. The Morgan fingerprint density at radius 2 is 1.75 bits per heavy atom. The molecule has 0 bridgehead atoms. The van der Waals surface area contributed by atoms with E-state index in [0.717, 1.165) is 25.4 Å². The second-order valence-corrected chi connectivity index (χ2v) is 10.5. The highest BCUT2D eigenvalue weighted by molar-refractivity contribution is 9.09. The third kappa shape index (κ3) is 3.83. The number of hydrogen-bond donors (Lipinski definition) is 0. The maximum atomic E-state index is 11.9. The van der Waals surface area contributed by atoms with Crippen LogP contribution in [0.3, 0.4) is 0 Å². The summed E-state index contributed by atoms with van der Waals surface area (Å²) in [5.41, 5.74) is 0.675. The molecule has 1 fully saturated rings. The summed E-state index contributed by atoms with van der Waals surface area (Å²) in [6.07, 6.45) is 5.10. The summed E-state index contributed by atoms with van der Waals surface area (Å²) in [6, 6.07) is 4.36. The van der Waals surface area contributed by atoms with Crippen LogP contribution in [0.15, 0.2) is 28.0 Å². The van der Waals surface area contributed by atoms with Crippen molar-refractivity contribution in [2.24, 2.45) is 5.92 Å². The van der Waals surface area contributed by atoms with Gasteiger partial charge in [0.2, 0.25) is 0 Å². The largest absolute Gasteiger partial charge is 0.224 e. The van der Waals surface area contributed by atoms with Gasteiger partial charge in [-0.3, -0.25) is 0 Å². The minimum absolute atomic E-state index is 0.0409. The summed E-state index contributed by atoms with van der Waals surface area (Å²) in [6.45, 7) is 0. The Labute approximate surface area is 128 Å². The lowest BCUT2D eigenvalue weighted by Gasteiger charge is -2.13. The molecular formula is C13H17BrO4S2. The zero-order valence-electron chi connectivity index (χ0n) is 11.3.